The van der Waals surface area contributed by atoms with Gasteiger partial charge in [0, 0.05) is 43.8 Å². The maximum Gasteiger partial charge on any atom is 0.309 e. The smallest absolute Gasteiger partial charge is 0.309 e. The molecular formula is C20H26N4O3. The molecule has 0 radical (unpaired) electrons. The van der Waals surface area contributed by atoms with Crippen LogP contribution in [0.25, 0.3) is 0 Å². The van der Waals surface area contributed by atoms with E-state index in [1.165, 1.54) is 0 Å². The second-order valence-electron chi connectivity index (χ2n) is 7.05. The predicted molar refractivity (Wildman–Crippen MR) is 99.9 cm³/mol. The molecule has 2 aromatic heterocycles. The highest BCUT2D eigenvalue weighted by Gasteiger charge is 2.45. The fourth-order valence-corrected chi connectivity index (χ4v) is 3.40. The second-order valence-corrected chi connectivity index (χ2v) is 7.05. The van der Waals surface area contributed by atoms with E-state index in [0.717, 1.165) is 23.4 Å². The summed E-state index contributed by atoms with van der Waals surface area (Å²) in [6, 6.07) is 3.52. The number of amides is 1. The number of ether oxygens (including phenoxy) is 1. The summed E-state index contributed by atoms with van der Waals surface area (Å²) < 4.78 is 6.95. The molecule has 1 amide bonds. The Balaban J connectivity index is 1.79. The second kappa shape index (κ2) is 7.90. The van der Waals surface area contributed by atoms with Crippen LogP contribution in [0.4, 0.5) is 0 Å². The van der Waals surface area contributed by atoms with E-state index >= 15 is 0 Å². The molecule has 0 aromatic carbocycles. The van der Waals surface area contributed by atoms with E-state index in [4.69, 9.17) is 4.74 Å². The molecule has 0 saturated heterocycles. The highest BCUT2D eigenvalue weighted by molar-refractivity contribution is 5.94. The normalized spacial score (nSPS) is 18.2. The fourth-order valence-electron chi connectivity index (χ4n) is 3.40. The Morgan fingerprint density at radius 1 is 1.37 bits per heavy atom. The SMILES string of the molecule is CCOC(=O)[C@H]1C[C@H]1CN(Cc1c(C)nn(C)c1C)C(=O)c1cccnc1. The van der Waals surface area contributed by atoms with Gasteiger partial charge in [0.15, 0.2) is 0 Å². The van der Waals surface area contributed by atoms with E-state index in [1.807, 2.05) is 32.5 Å². The molecule has 1 fully saturated rings. The maximum atomic E-state index is 13.1. The first-order valence-electron chi connectivity index (χ1n) is 9.27. The zero-order valence-corrected chi connectivity index (χ0v) is 16.3. The molecule has 2 heterocycles. The van der Waals surface area contributed by atoms with E-state index in [1.54, 1.807) is 29.4 Å². The summed E-state index contributed by atoms with van der Waals surface area (Å²) in [4.78, 5) is 30.9. The van der Waals surface area contributed by atoms with E-state index in [9.17, 15) is 9.59 Å². The number of aromatic nitrogens is 3. The average molecular weight is 370 g/mol. The molecule has 3 rings (SSSR count). The Hall–Kier alpha value is -2.70. The number of rotatable bonds is 7. The summed E-state index contributed by atoms with van der Waals surface area (Å²) in [5.74, 6) is -0.211. The summed E-state index contributed by atoms with van der Waals surface area (Å²) in [6.07, 6.45) is 3.99. The van der Waals surface area contributed by atoms with Crippen molar-refractivity contribution in [3.05, 3.63) is 47.0 Å². The number of hydrogen-bond acceptors (Lipinski definition) is 5. The van der Waals surface area contributed by atoms with Crippen molar-refractivity contribution in [1.29, 1.82) is 0 Å². The van der Waals surface area contributed by atoms with Crippen LogP contribution in [0.15, 0.2) is 24.5 Å². The third-order valence-corrected chi connectivity index (χ3v) is 5.17. The summed E-state index contributed by atoms with van der Waals surface area (Å²) in [6.45, 7) is 7.13. The zero-order chi connectivity index (χ0) is 19.6. The van der Waals surface area contributed by atoms with Crippen LogP contribution >= 0.6 is 0 Å². The van der Waals surface area contributed by atoms with Gasteiger partial charge in [0.1, 0.15) is 0 Å². The predicted octanol–water partition coefficient (Wildman–Crippen LogP) is 2.27. The van der Waals surface area contributed by atoms with Crippen molar-refractivity contribution in [2.24, 2.45) is 18.9 Å². The topological polar surface area (TPSA) is 77.3 Å². The summed E-state index contributed by atoms with van der Waals surface area (Å²) in [7, 11) is 1.90. The minimum absolute atomic E-state index is 0.0831. The van der Waals surface area contributed by atoms with E-state index in [0.29, 0.717) is 25.3 Å². The van der Waals surface area contributed by atoms with Crippen LogP contribution in [0.1, 0.15) is 40.7 Å². The molecule has 0 bridgehead atoms. The van der Waals surface area contributed by atoms with Gasteiger partial charge in [-0.3, -0.25) is 19.3 Å². The van der Waals surface area contributed by atoms with Crippen molar-refractivity contribution in [3.8, 4) is 0 Å². The van der Waals surface area contributed by atoms with Crippen LogP contribution in [0.3, 0.4) is 0 Å². The lowest BCUT2D eigenvalue weighted by atomic mass is 10.1. The van der Waals surface area contributed by atoms with Gasteiger partial charge in [0.25, 0.3) is 5.91 Å². The van der Waals surface area contributed by atoms with Crippen LogP contribution in [-0.4, -0.2) is 44.7 Å². The quantitative estimate of drug-likeness (QED) is 0.699. The number of esters is 1. The molecule has 144 valence electrons. The van der Waals surface area contributed by atoms with Crippen LogP contribution in [0, 0.1) is 25.7 Å². The zero-order valence-electron chi connectivity index (χ0n) is 16.3. The van der Waals surface area contributed by atoms with Gasteiger partial charge in [0.2, 0.25) is 0 Å². The van der Waals surface area contributed by atoms with Gasteiger partial charge in [-0.15, -0.1) is 0 Å². The van der Waals surface area contributed by atoms with Gasteiger partial charge in [-0.05, 0) is 45.2 Å². The minimum atomic E-state index is -0.162. The first-order chi connectivity index (χ1) is 12.9. The Bertz CT molecular complexity index is 831. The molecule has 2 atom stereocenters. The number of aryl methyl sites for hydroxylation is 2. The fraction of sp³-hybridized carbons (Fsp3) is 0.500. The highest BCUT2D eigenvalue weighted by atomic mass is 16.5. The van der Waals surface area contributed by atoms with E-state index < -0.39 is 0 Å². The van der Waals surface area contributed by atoms with Crippen molar-refractivity contribution in [3.63, 3.8) is 0 Å². The largest absolute Gasteiger partial charge is 0.466 e. The third kappa shape index (κ3) is 4.18. The molecule has 7 nitrogen and oxygen atoms in total. The Labute approximate surface area is 159 Å². The first kappa shape index (κ1) is 19.1. The van der Waals surface area contributed by atoms with E-state index in [-0.39, 0.29) is 23.7 Å². The van der Waals surface area contributed by atoms with Crippen LogP contribution in [-0.2, 0) is 23.1 Å². The number of nitrogens with zero attached hydrogens (tertiary/aromatic N) is 4. The van der Waals surface area contributed by atoms with Gasteiger partial charge in [-0.25, -0.2) is 0 Å². The van der Waals surface area contributed by atoms with Crippen molar-refractivity contribution in [1.82, 2.24) is 19.7 Å². The molecule has 7 heteroatoms. The minimum Gasteiger partial charge on any atom is -0.466 e. The highest BCUT2D eigenvalue weighted by Crippen LogP contribution is 2.40. The van der Waals surface area contributed by atoms with Crippen LogP contribution in [0.5, 0.6) is 0 Å². The third-order valence-electron chi connectivity index (χ3n) is 5.17. The van der Waals surface area contributed by atoms with Gasteiger partial charge < -0.3 is 9.64 Å². The van der Waals surface area contributed by atoms with Crippen LogP contribution < -0.4 is 0 Å². The first-order valence-corrected chi connectivity index (χ1v) is 9.27. The average Bonchev–Trinajstić information content (AvgIpc) is 3.39. The molecule has 2 aromatic rings. The van der Waals surface area contributed by atoms with Gasteiger partial charge in [-0.2, -0.15) is 5.10 Å². The number of carbonyl (C=O) groups is 2. The number of carbonyl (C=O) groups excluding carboxylic acids is 2. The van der Waals surface area contributed by atoms with Gasteiger partial charge in [0.05, 0.1) is 23.8 Å². The van der Waals surface area contributed by atoms with Crippen molar-refractivity contribution in [2.75, 3.05) is 13.2 Å². The maximum absolute atomic E-state index is 13.1. The number of pyridine rings is 1. The van der Waals surface area contributed by atoms with Gasteiger partial charge >= 0.3 is 5.97 Å². The van der Waals surface area contributed by atoms with Gasteiger partial charge in [-0.1, -0.05) is 0 Å². The van der Waals surface area contributed by atoms with Crippen molar-refractivity contribution < 1.29 is 14.3 Å². The summed E-state index contributed by atoms with van der Waals surface area (Å²) in [5, 5.41) is 4.45. The summed E-state index contributed by atoms with van der Waals surface area (Å²) >= 11 is 0. The van der Waals surface area contributed by atoms with Crippen LogP contribution in [0.2, 0.25) is 0 Å². The standard InChI is InChI=1S/C20H26N4O3/c1-5-27-20(26)17-9-16(17)11-24(19(25)15-7-6-8-21-10-15)12-18-13(2)22-23(4)14(18)3/h6-8,10,16-17H,5,9,11-12H2,1-4H3/t16-,17-/m0/s1. The van der Waals surface area contributed by atoms with E-state index in [2.05, 4.69) is 10.1 Å². The lowest BCUT2D eigenvalue weighted by Gasteiger charge is -2.23. The molecular weight excluding hydrogens is 344 g/mol. The molecule has 1 saturated carbocycles. The molecule has 0 N–H and O–H groups in total. The number of hydrogen-bond donors (Lipinski definition) is 0. The molecule has 1 aliphatic carbocycles. The Kier molecular flexibility index (Phi) is 5.58. The lowest BCUT2D eigenvalue weighted by molar-refractivity contribution is -0.145. The molecule has 1 aliphatic rings. The molecule has 0 aliphatic heterocycles. The lowest BCUT2D eigenvalue weighted by Crippen LogP contribution is -2.33. The Morgan fingerprint density at radius 2 is 2.15 bits per heavy atom. The molecule has 27 heavy (non-hydrogen) atoms. The summed E-state index contributed by atoms with van der Waals surface area (Å²) in [5.41, 5.74) is 3.54. The Morgan fingerprint density at radius 3 is 2.74 bits per heavy atom. The molecule has 0 spiro atoms. The monoisotopic (exact) mass is 370 g/mol. The van der Waals surface area contributed by atoms with Crippen molar-refractivity contribution in [2.45, 2.75) is 33.7 Å². The van der Waals surface area contributed by atoms with Crippen molar-refractivity contribution >= 4 is 11.9 Å². The molecule has 0 unspecified atom stereocenters.